The van der Waals surface area contributed by atoms with Crippen LogP contribution in [0.4, 0.5) is 11.4 Å². The van der Waals surface area contributed by atoms with Crippen molar-refractivity contribution in [3.8, 4) is 0 Å². The molecule has 1 aliphatic heterocycles. The van der Waals surface area contributed by atoms with E-state index < -0.39 is 0 Å². The predicted molar refractivity (Wildman–Crippen MR) is 116 cm³/mol. The topological polar surface area (TPSA) is 41.1 Å². The molecule has 2 N–H and O–H groups in total. The number of anilines is 2. The van der Waals surface area contributed by atoms with Crippen molar-refractivity contribution in [3.63, 3.8) is 0 Å². The van der Waals surface area contributed by atoms with Crippen LogP contribution in [0.2, 0.25) is 5.02 Å². The van der Waals surface area contributed by atoms with E-state index in [4.69, 9.17) is 11.6 Å². The summed E-state index contributed by atoms with van der Waals surface area (Å²) >= 11 is 7.73. The van der Waals surface area contributed by atoms with Gasteiger partial charge in [-0.2, -0.15) is 0 Å². The standard InChI is InChI=1S/C23H19ClN2OS/c24-16-9-7-14(8-10-16)15-12-19-22(20(27)13-15)23(21-6-3-11-28-21)26-18-5-2-1-4-17(18)25-19/h1-11,15,23,25-26H,12-13H2/t15-,23+/m1/s1. The summed E-state index contributed by atoms with van der Waals surface area (Å²) in [6.07, 6.45) is 1.32. The molecule has 0 saturated carbocycles. The van der Waals surface area contributed by atoms with Gasteiger partial charge in [-0.25, -0.2) is 0 Å². The Balaban J connectivity index is 1.59. The lowest BCUT2D eigenvalue weighted by Gasteiger charge is -2.29. The summed E-state index contributed by atoms with van der Waals surface area (Å²) in [4.78, 5) is 14.5. The highest BCUT2D eigenvalue weighted by molar-refractivity contribution is 7.10. The molecule has 0 saturated heterocycles. The number of fused-ring (bicyclic) bond motifs is 1. The van der Waals surface area contributed by atoms with Crippen LogP contribution in [-0.4, -0.2) is 5.78 Å². The van der Waals surface area contributed by atoms with Gasteiger partial charge < -0.3 is 10.6 Å². The quantitative estimate of drug-likeness (QED) is 0.518. The molecule has 0 radical (unpaired) electrons. The van der Waals surface area contributed by atoms with Crippen LogP contribution in [0, 0.1) is 0 Å². The Bertz CT molecular complexity index is 1060. The van der Waals surface area contributed by atoms with Gasteiger partial charge in [0.2, 0.25) is 0 Å². The molecule has 3 nitrogen and oxygen atoms in total. The minimum atomic E-state index is -0.121. The molecular weight excluding hydrogens is 388 g/mol. The molecular formula is C23H19ClN2OS. The molecule has 5 heteroatoms. The molecule has 0 spiro atoms. The Hall–Kier alpha value is -2.56. The van der Waals surface area contributed by atoms with Gasteiger partial charge in [0.05, 0.1) is 17.4 Å². The molecule has 0 amide bonds. The first kappa shape index (κ1) is 17.5. The van der Waals surface area contributed by atoms with Crippen LogP contribution in [-0.2, 0) is 4.79 Å². The second-order valence-electron chi connectivity index (χ2n) is 7.24. The fraction of sp³-hybridized carbons (Fsp3) is 0.174. The fourth-order valence-electron chi connectivity index (χ4n) is 4.13. The molecule has 3 aromatic rings. The van der Waals surface area contributed by atoms with Gasteiger partial charge in [-0.05, 0) is 53.6 Å². The lowest BCUT2D eigenvalue weighted by atomic mass is 9.79. The summed E-state index contributed by atoms with van der Waals surface area (Å²) in [5.41, 5.74) is 5.07. The van der Waals surface area contributed by atoms with Crippen LogP contribution in [0.15, 0.2) is 77.3 Å². The Morgan fingerprint density at radius 1 is 0.929 bits per heavy atom. The highest BCUT2D eigenvalue weighted by Crippen LogP contribution is 2.44. The molecule has 1 aromatic heterocycles. The summed E-state index contributed by atoms with van der Waals surface area (Å²) in [5.74, 6) is 0.359. The number of allylic oxidation sites excluding steroid dienone is 1. The van der Waals surface area contributed by atoms with Crippen molar-refractivity contribution in [2.75, 3.05) is 10.6 Å². The van der Waals surface area contributed by atoms with E-state index in [1.54, 1.807) is 11.3 Å². The van der Waals surface area contributed by atoms with Gasteiger partial charge in [0.25, 0.3) is 0 Å². The minimum Gasteiger partial charge on any atom is -0.372 e. The second kappa shape index (κ2) is 7.12. The first-order valence-corrected chi connectivity index (χ1v) is 10.6. The number of hydrogen-bond acceptors (Lipinski definition) is 4. The number of ketones is 1. The van der Waals surface area contributed by atoms with Gasteiger partial charge in [0, 0.05) is 27.6 Å². The number of hydrogen-bond donors (Lipinski definition) is 2. The van der Waals surface area contributed by atoms with Crippen molar-refractivity contribution in [2.24, 2.45) is 0 Å². The number of halogens is 1. The maximum atomic E-state index is 13.3. The number of rotatable bonds is 2. The molecule has 0 unspecified atom stereocenters. The average molecular weight is 407 g/mol. The molecule has 0 fully saturated rings. The third kappa shape index (κ3) is 3.13. The van der Waals surface area contributed by atoms with Crippen LogP contribution in [0.25, 0.3) is 0 Å². The number of nitrogens with one attached hydrogen (secondary N) is 2. The largest absolute Gasteiger partial charge is 0.372 e. The van der Waals surface area contributed by atoms with Crippen LogP contribution in [0.3, 0.4) is 0 Å². The number of Topliss-reactive ketones (excluding diaryl/α,β-unsaturated/α-hetero) is 1. The predicted octanol–water partition coefficient (Wildman–Crippen LogP) is 6.38. The molecule has 140 valence electrons. The van der Waals surface area contributed by atoms with Crippen molar-refractivity contribution >= 4 is 40.1 Å². The maximum absolute atomic E-state index is 13.3. The molecule has 0 bridgehead atoms. The molecule has 1 aliphatic carbocycles. The Morgan fingerprint density at radius 2 is 1.71 bits per heavy atom. The van der Waals surface area contributed by atoms with Gasteiger partial charge in [-0.1, -0.05) is 41.9 Å². The summed E-state index contributed by atoms with van der Waals surface area (Å²) in [5, 5.41) is 9.95. The number of benzene rings is 2. The lowest BCUT2D eigenvalue weighted by molar-refractivity contribution is -0.116. The van der Waals surface area contributed by atoms with Crippen molar-refractivity contribution in [1.82, 2.24) is 0 Å². The minimum absolute atomic E-state index is 0.121. The van der Waals surface area contributed by atoms with E-state index in [0.29, 0.717) is 11.4 Å². The Morgan fingerprint density at radius 3 is 2.46 bits per heavy atom. The molecule has 2 atom stereocenters. The van der Waals surface area contributed by atoms with Crippen LogP contribution >= 0.6 is 22.9 Å². The summed E-state index contributed by atoms with van der Waals surface area (Å²) in [6.45, 7) is 0. The van der Waals surface area contributed by atoms with Crippen molar-refractivity contribution in [2.45, 2.75) is 24.8 Å². The Kier molecular flexibility index (Phi) is 4.46. The van der Waals surface area contributed by atoms with Crippen molar-refractivity contribution < 1.29 is 4.79 Å². The van der Waals surface area contributed by atoms with Gasteiger partial charge in [-0.15, -0.1) is 11.3 Å². The number of carbonyl (C=O) groups is 1. The lowest BCUT2D eigenvalue weighted by Crippen LogP contribution is -2.26. The van der Waals surface area contributed by atoms with Gasteiger partial charge in [-0.3, -0.25) is 4.79 Å². The first-order valence-electron chi connectivity index (χ1n) is 9.37. The van der Waals surface area contributed by atoms with Crippen LogP contribution < -0.4 is 10.6 Å². The van der Waals surface area contributed by atoms with E-state index in [2.05, 4.69) is 34.2 Å². The zero-order valence-corrected chi connectivity index (χ0v) is 16.7. The van der Waals surface area contributed by atoms with E-state index in [0.717, 1.165) is 39.5 Å². The van der Waals surface area contributed by atoms with E-state index in [9.17, 15) is 4.79 Å². The SMILES string of the molecule is O=C1C[C@H](c2ccc(Cl)cc2)CC2=C1[C@H](c1cccs1)Nc1ccccc1N2. The van der Waals surface area contributed by atoms with E-state index in [1.165, 1.54) is 0 Å². The van der Waals surface area contributed by atoms with Crippen LogP contribution in [0.5, 0.6) is 0 Å². The van der Waals surface area contributed by atoms with Crippen LogP contribution in [0.1, 0.15) is 35.2 Å². The molecule has 28 heavy (non-hydrogen) atoms. The van der Waals surface area contributed by atoms with Crippen molar-refractivity contribution in [3.05, 3.63) is 92.8 Å². The second-order valence-corrected chi connectivity index (χ2v) is 8.65. The highest BCUT2D eigenvalue weighted by atomic mass is 35.5. The van der Waals surface area contributed by atoms with E-state index >= 15 is 0 Å². The number of carbonyl (C=O) groups excluding carboxylic acids is 1. The summed E-state index contributed by atoms with van der Waals surface area (Å²) < 4.78 is 0. The maximum Gasteiger partial charge on any atom is 0.163 e. The molecule has 5 rings (SSSR count). The van der Waals surface area contributed by atoms with Gasteiger partial charge >= 0.3 is 0 Å². The first-order chi connectivity index (χ1) is 13.7. The molecule has 2 aromatic carbocycles. The third-order valence-corrected chi connectivity index (χ3v) is 6.67. The molecule has 2 heterocycles. The Labute approximate surface area is 173 Å². The van der Waals surface area contributed by atoms with E-state index in [1.807, 2.05) is 42.5 Å². The highest BCUT2D eigenvalue weighted by Gasteiger charge is 2.36. The fourth-order valence-corrected chi connectivity index (χ4v) is 5.04. The van der Waals surface area contributed by atoms with Gasteiger partial charge in [0.1, 0.15) is 0 Å². The normalized spacial score (nSPS) is 21.2. The number of thiophene rings is 1. The third-order valence-electron chi connectivity index (χ3n) is 5.48. The zero-order chi connectivity index (χ0) is 19.1. The molecule has 2 aliphatic rings. The van der Waals surface area contributed by atoms with Crippen molar-refractivity contribution in [1.29, 1.82) is 0 Å². The average Bonchev–Trinajstić information content (AvgIpc) is 3.17. The van der Waals surface area contributed by atoms with E-state index in [-0.39, 0.29) is 17.7 Å². The number of para-hydroxylation sites is 2. The van der Waals surface area contributed by atoms with Gasteiger partial charge in [0.15, 0.2) is 5.78 Å². The smallest absolute Gasteiger partial charge is 0.163 e. The monoisotopic (exact) mass is 406 g/mol. The summed E-state index contributed by atoms with van der Waals surface area (Å²) in [6, 6.07) is 20.0. The summed E-state index contributed by atoms with van der Waals surface area (Å²) in [7, 11) is 0. The zero-order valence-electron chi connectivity index (χ0n) is 15.1.